The Hall–Kier alpha value is -2.36. The molecule has 0 spiro atoms. The summed E-state index contributed by atoms with van der Waals surface area (Å²) in [4.78, 5) is 12.6. The number of rotatable bonds is 3. The van der Waals surface area contributed by atoms with Gasteiger partial charge in [0.15, 0.2) is 0 Å². The van der Waals surface area contributed by atoms with Gasteiger partial charge in [-0.1, -0.05) is 50.3 Å². The summed E-state index contributed by atoms with van der Waals surface area (Å²) in [5.41, 5.74) is 4.23. The highest BCUT2D eigenvalue weighted by atomic mass is 16.5. The first-order chi connectivity index (χ1) is 11.0. The Labute approximate surface area is 136 Å². The lowest BCUT2D eigenvalue weighted by Gasteiger charge is -2.19. The van der Waals surface area contributed by atoms with E-state index in [0.717, 1.165) is 23.4 Å². The summed E-state index contributed by atoms with van der Waals surface area (Å²) in [7, 11) is 0. The molecule has 2 heterocycles. The summed E-state index contributed by atoms with van der Waals surface area (Å²) >= 11 is 0. The van der Waals surface area contributed by atoms with Crippen molar-refractivity contribution in [3.8, 4) is 11.3 Å². The van der Waals surface area contributed by atoms with Gasteiger partial charge in [0.2, 0.25) is 0 Å². The van der Waals surface area contributed by atoms with Crippen molar-refractivity contribution >= 4 is 11.5 Å². The predicted molar refractivity (Wildman–Crippen MR) is 91.1 cm³/mol. The number of carbonyl (C=O) groups excluding carboxylic acids is 1. The number of fused-ring (bicyclic) bond motifs is 1. The van der Waals surface area contributed by atoms with Crippen LogP contribution in [0.5, 0.6) is 0 Å². The molecule has 4 nitrogen and oxygen atoms in total. The van der Waals surface area contributed by atoms with E-state index in [1.807, 2.05) is 48.9 Å². The van der Waals surface area contributed by atoms with Crippen LogP contribution in [0.25, 0.3) is 16.8 Å². The number of nitrogens with zero attached hydrogens (tertiary/aromatic N) is 2. The molecule has 0 unspecified atom stereocenters. The Balaban J connectivity index is 2.24. The molecule has 1 aliphatic heterocycles. The number of ether oxygens (including phenoxy) is 1. The molecule has 0 radical (unpaired) electrons. The maximum atomic E-state index is 12.6. The molecular weight excluding hydrogens is 288 g/mol. The minimum atomic E-state index is -0.301. The zero-order valence-electron chi connectivity index (χ0n) is 14.1. The largest absolute Gasteiger partial charge is 0.462 e. The van der Waals surface area contributed by atoms with Gasteiger partial charge in [-0.2, -0.15) is 5.10 Å². The van der Waals surface area contributed by atoms with Crippen LogP contribution in [0.3, 0.4) is 0 Å². The summed E-state index contributed by atoms with van der Waals surface area (Å²) in [6.45, 7) is 9.30. The SMILES string of the molecule is C/C=C1/c2c(C(=O)OCC)c(-c3ccccc3)nn2CC1(C)C. The van der Waals surface area contributed by atoms with Crippen molar-refractivity contribution in [2.45, 2.75) is 34.2 Å². The topological polar surface area (TPSA) is 44.1 Å². The van der Waals surface area contributed by atoms with Gasteiger partial charge in [-0.25, -0.2) is 4.79 Å². The maximum Gasteiger partial charge on any atom is 0.342 e. The van der Waals surface area contributed by atoms with Gasteiger partial charge in [-0.15, -0.1) is 0 Å². The molecule has 0 amide bonds. The number of carbonyl (C=O) groups is 1. The van der Waals surface area contributed by atoms with E-state index in [4.69, 9.17) is 9.84 Å². The Morgan fingerprint density at radius 1 is 1.35 bits per heavy atom. The van der Waals surface area contributed by atoms with E-state index in [9.17, 15) is 4.79 Å². The Kier molecular flexibility index (Phi) is 3.84. The molecule has 2 aromatic rings. The quantitative estimate of drug-likeness (QED) is 0.799. The summed E-state index contributed by atoms with van der Waals surface area (Å²) in [6.07, 6.45) is 2.08. The molecule has 0 aliphatic carbocycles. The first kappa shape index (κ1) is 15.5. The van der Waals surface area contributed by atoms with E-state index in [0.29, 0.717) is 17.9 Å². The highest BCUT2D eigenvalue weighted by Gasteiger charge is 2.40. The molecule has 1 aliphatic rings. The van der Waals surface area contributed by atoms with Gasteiger partial charge in [0.25, 0.3) is 0 Å². The molecule has 0 bridgehead atoms. The van der Waals surface area contributed by atoms with Gasteiger partial charge in [0.05, 0.1) is 18.8 Å². The standard InChI is InChI=1S/C19H22N2O2/c1-5-14-17-15(18(22)23-6-2)16(13-10-8-7-9-11-13)20-21(17)12-19(14,3)4/h5,7-11H,6,12H2,1-4H3/b14-5-. The number of esters is 1. The third kappa shape index (κ3) is 2.48. The van der Waals surface area contributed by atoms with E-state index in [1.165, 1.54) is 0 Å². The zero-order valence-corrected chi connectivity index (χ0v) is 14.1. The Morgan fingerprint density at radius 3 is 2.65 bits per heavy atom. The molecule has 4 heteroatoms. The van der Waals surface area contributed by atoms with Crippen LogP contribution < -0.4 is 0 Å². The van der Waals surface area contributed by atoms with Crippen LogP contribution in [0.2, 0.25) is 0 Å². The van der Waals surface area contributed by atoms with Crippen LogP contribution in [0.1, 0.15) is 43.7 Å². The summed E-state index contributed by atoms with van der Waals surface area (Å²) in [5.74, 6) is -0.301. The van der Waals surface area contributed by atoms with Crippen LogP contribution in [-0.2, 0) is 11.3 Å². The minimum absolute atomic E-state index is 0.0342. The number of allylic oxidation sites excluding steroid dienone is 2. The molecule has 3 rings (SSSR count). The van der Waals surface area contributed by atoms with E-state index in [-0.39, 0.29) is 11.4 Å². The molecule has 120 valence electrons. The van der Waals surface area contributed by atoms with Crippen molar-refractivity contribution in [2.75, 3.05) is 6.61 Å². The average molecular weight is 310 g/mol. The normalized spacial score (nSPS) is 17.3. The van der Waals surface area contributed by atoms with Gasteiger partial charge in [-0.3, -0.25) is 4.68 Å². The number of hydrogen-bond acceptors (Lipinski definition) is 3. The van der Waals surface area contributed by atoms with Crippen molar-refractivity contribution in [3.05, 3.63) is 47.7 Å². The van der Waals surface area contributed by atoms with Gasteiger partial charge >= 0.3 is 5.97 Å². The van der Waals surface area contributed by atoms with Crippen LogP contribution >= 0.6 is 0 Å². The molecule has 0 saturated carbocycles. The minimum Gasteiger partial charge on any atom is -0.462 e. The second-order valence-electron chi connectivity index (χ2n) is 6.40. The fraction of sp³-hybridized carbons (Fsp3) is 0.368. The fourth-order valence-corrected chi connectivity index (χ4v) is 3.35. The average Bonchev–Trinajstić information content (AvgIpc) is 2.98. The van der Waals surface area contributed by atoms with Crippen molar-refractivity contribution in [1.82, 2.24) is 9.78 Å². The molecule has 1 aromatic heterocycles. The van der Waals surface area contributed by atoms with E-state index in [1.54, 1.807) is 0 Å². The van der Waals surface area contributed by atoms with Crippen LogP contribution in [0, 0.1) is 5.41 Å². The molecule has 1 aromatic carbocycles. The molecule has 0 atom stereocenters. The lowest BCUT2D eigenvalue weighted by Crippen LogP contribution is -2.14. The second-order valence-corrected chi connectivity index (χ2v) is 6.40. The molecular formula is C19H22N2O2. The first-order valence-electron chi connectivity index (χ1n) is 8.00. The lowest BCUT2D eigenvalue weighted by atomic mass is 9.84. The van der Waals surface area contributed by atoms with Gasteiger partial charge < -0.3 is 4.74 Å². The molecule has 0 N–H and O–H groups in total. The number of hydrogen-bond donors (Lipinski definition) is 0. The van der Waals surface area contributed by atoms with Gasteiger partial charge in [0.1, 0.15) is 11.3 Å². The third-order valence-corrected chi connectivity index (χ3v) is 4.30. The maximum absolute atomic E-state index is 12.6. The number of benzene rings is 1. The fourth-order valence-electron chi connectivity index (χ4n) is 3.35. The van der Waals surface area contributed by atoms with Gasteiger partial charge in [0, 0.05) is 11.0 Å². The first-order valence-corrected chi connectivity index (χ1v) is 8.00. The predicted octanol–water partition coefficient (Wildman–Crippen LogP) is 4.17. The van der Waals surface area contributed by atoms with Gasteiger partial charge in [-0.05, 0) is 19.4 Å². The van der Waals surface area contributed by atoms with Crippen molar-refractivity contribution in [1.29, 1.82) is 0 Å². The van der Waals surface area contributed by atoms with Crippen LogP contribution in [-0.4, -0.2) is 22.4 Å². The molecule has 23 heavy (non-hydrogen) atoms. The van der Waals surface area contributed by atoms with E-state index < -0.39 is 0 Å². The second kappa shape index (κ2) is 5.69. The lowest BCUT2D eigenvalue weighted by molar-refractivity contribution is 0.0527. The summed E-state index contributed by atoms with van der Waals surface area (Å²) in [6, 6.07) is 9.81. The summed E-state index contributed by atoms with van der Waals surface area (Å²) < 4.78 is 7.26. The zero-order chi connectivity index (χ0) is 16.6. The molecule has 0 saturated heterocycles. The monoisotopic (exact) mass is 310 g/mol. The number of aromatic nitrogens is 2. The van der Waals surface area contributed by atoms with E-state index >= 15 is 0 Å². The van der Waals surface area contributed by atoms with Crippen molar-refractivity contribution < 1.29 is 9.53 Å². The van der Waals surface area contributed by atoms with Crippen molar-refractivity contribution in [3.63, 3.8) is 0 Å². The smallest absolute Gasteiger partial charge is 0.342 e. The van der Waals surface area contributed by atoms with Crippen LogP contribution in [0.15, 0.2) is 36.4 Å². The van der Waals surface area contributed by atoms with Crippen molar-refractivity contribution in [2.24, 2.45) is 5.41 Å². The Morgan fingerprint density at radius 2 is 2.04 bits per heavy atom. The van der Waals surface area contributed by atoms with Crippen LogP contribution in [0.4, 0.5) is 0 Å². The Bertz CT molecular complexity index is 770. The highest BCUT2D eigenvalue weighted by molar-refractivity contribution is 6.01. The highest BCUT2D eigenvalue weighted by Crippen LogP contribution is 2.46. The molecule has 0 fully saturated rings. The van der Waals surface area contributed by atoms with E-state index in [2.05, 4.69) is 19.9 Å². The third-order valence-electron chi connectivity index (χ3n) is 4.30. The summed E-state index contributed by atoms with van der Waals surface area (Å²) in [5, 5.41) is 4.73.